The Labute approximate surface area is 117 Å². The van der Waals surface area contributed by atoms with Gasteiger partial charge >= 0.3 is 5.82 Å². The average Bonchev–Trinajstić information content (AvgIpc) is 2.94. The smallest absolute Gasteiger partial charge is 0.321 e. The van der Waals surface area contributed by atoms with Gasteiger partial charge in [-0.3, -0.25) is 9.48 Å². The van der Waals surface area contributed by atoms with E-state index >= 15 is 0 Å². The Kier molecular flexibility index (Phi) is 3.49. The first-order valence-corrected chi connectivity index (χ1v) is 6.94. The Balaban J connectivity index is 2.29. The van der Waals surface area contributed by atoms with Crippen molar-refractivity contribution in [3.05, 3.63) is 34.1 Å². The number of primary sulfonamides is 1. The highest BCUT2D eigenvalue weighted by molar-refractivity contribution is 7.89. The molecule has 2 aromatic heterocycles. The van der Waals surface area contributed by atoms with Crippen LogP contribution in [0.1, 0.15) is 10.5 Å². The van der Waals surface area contributed by atoms with E-state index in [4.69, 9.17) is 5.14 Å². The van der Waals surface area contributed by atoms with Gasteiger partial charge in [0.25, 0.3) is 5.91 Å². The molecule has 0 aromatic carbocycles. The first-order valence-electron chi connectivity index (χ1n) is 5.39. The summed E-state index contributed by atoms with van der Waals surface area (Å²) < 4.78 is 23.9. The van der Waals surface area contributed by atoms with E-state index in [1.807, 2.05) is 0 Å². The number of sulfonamides is 1. The Bertz CT molecular complexity index is 820. The maximum absolute atomic E-state index is 11.9. The van der Waals surface area contributed by atoms with E-state index in [0.29, 0.717) is 0 Å². The fraction of sp³-hybridized carbons (Fsp3) is 0.111. The lowest BCUT2D eigenvalue weighted by atomic mass is 10.4. The number of aromatic amines is 1. The third kappa shape index (κ3) is 3.06. The number of aromatic nitrogens is 3. The van der Waals surface area contributed by atoms with Crippen LogP contribution in [-0.2, 0) is 17.1 Å². The molecule has 1 amide bonds. The lowest BCUT2D eigenvalue weighted by Gasteiger charge is -2.00. The molecule has 0 spiro atoms. The topological polar surface area (TPSA) is 166 Å². The van der Waals surface area contributed by atoms with Gasteiger partial charge in [0.2, 0.25) is 10.0 Å². The molecule has 0 saturated carbocycles. The molecule has 0 aliphatic carbocycles. The number of carbonyl (C=O) groups is 1. The minimum absolute atomic E-state index is 0.118. The number of nitrogens with zero attached hydrogens (tertiary/aromatic N) is 3. The van der Waals surface area contributed by atoms with Crippen molar-refractivity contribution >= 4 is 27.6 Å². The molecule has 4 N–H and O–H groups in total. The van der Waals surface area contributed by atoms with Crippen molar-refractivity contribution in [1.29, 1.82) is 0 Å². The van der Waals surface area contributed by atoms with Crippen LogP contribution in [-0.4, -0.2) is 34.0 Å². The van der Waals surface area contributed by atoms with Gasteiger partial charge in [-0.05, 0) is 11.0 Å². The largest absolute Gasteiger partial charge is 0.358 e. The van der Waals surface area contributed by atoms with Crippen LogP contribution in [0.25, 0.3) is 0 Å². The molecule has 2 aromatic rings. The summed E-state index contributed by atoms with van der Waals surface area (Å²) in [4.78, 5) is 23.6. The fourth-order valence-corrected chi connectivity index (χ4v) is 2.22. The summed E-state index contributed by atoms with van der Waals surface area (Å²) in [6.45, 7) is 0. The van der Waals surface area contributed by atoms with Gasteiger partial charge in [0, 0.05) is 19.3 Å². The van der Waals surface area contributed by atoms with Crippen LogP contribution in [0.3, 0.4) is 0 Å². The zero-order valence-corrected chi connectivity index (χ0v) is 11.4. The van der Waals surface area contributed by atoms with Crippen LogP contribution in [0.2, 0.25) is 0 Å². The molecule has 21 heavy (non-hydrogen) atoms. The first-order chi connectivity index (χ1) is 9.68. The molecule has 0 fully saturated rings. The van der Waals surface area contributed by atoms with Crippen LogP contribution in [0.15, 0.2) is 23.2 Å². The van der Waals surface area contributed by atoms with E-state index in [9.17, 15) is 23.3 Å². The van der Waals surface area contributed by atoms with Crippen molar-refractivity contribution in [3.8, 4) is 0 Å². The number of amides is 1. The summed E-state index contributed by atoms with van der Waals surface area (Å²) in [6.07, 6.45) is 1.13. The number of nitrogens with one attached hydrogen (secondary N) is 2. The lowest BCUT2D eigenvalue weighted by Crippen LogP contribution is -2.18. The summed E-state index contributed by atoms with van der Waals surface area (Å²) in [5, 5.41) is 21.5. The molecule has 0 bridgehead atoms. The zero-order valence-electron chi connectivity index (χ0n) is 10.6. The van der Waals surface area contributed by atoms with E-state index < -0.39 is 20.9 Å². The summed E-state index contributed by atoms with van der Waals surface area (Å²) in [5.74, 6) is -1.42. The summed E-state index contributed by atoms with van der Waals surface area (Å²) in [5.41, 5.74) is -0.118. The molecular formula is C9H10N6O5S. The van der Waals surface area contributed by atoms with Gasteiger partial charge in [-0.1, -0.05) is 0 Å². The number of anilines is 1. The lowest BCUT2D eigenvalue weighted by molar-refractivity contribution is -0.389. The molecule has 2 heterocycles. The molecule has 0 radical (unpaired) electrons. The van der Waals surface area contributed by atoms with Gasteiger partial charge in [-0.15, -0.1) is 0 Å². The normalized spacial score (nSPS) is 11.3. The van der Waals surface area contributed by atoms with Gasteiger partial charge in [-0.25, -0.2) is 18.5 Å². The maximum Gasteiger partial charge on any atom is 0.321 e. The zero-order chi connectivity index (χ0) is 15.8. The fourth-order valence-electron chi connectivity index (χ4n) is 1.56. The van der Waals surface area contributed by atoms with Gasteiger partial charge in [-0.2, -0.15) is 5.10 Å². The second kappa shape index (κ2) is 4.99. The van der Waals surface area contributed by atoms with Crippen LogP contribution in [0.4, 0.5) is 11.6 Å². The minimum Gasteiger partial charge on any atom is -0.358 e. The molecular weight excluding hydrogens is 304 g/mol. The third-order valence-electron chi connectivity index (χ3n) is 2.45. The number of nitro groups is 1. The SMILES string of the molecule is Cn1cc(S(N)(=O)=O)c(NC(=O)c2ccc([N+](=O)[O-])[nH]2)n1. The van der Waals surface area contributed by atoms with Gasteiger partial charge in [0.1, 0.15) is 4.90 Å². The van der Waals surface area contributed by atoms with Gasteiger partial charge < -0.3 is 15.4 Å². The average molecular weight is 314 g/mol. The van der Waals surface area contributed by atoms with E-state index in [-0.39, 0.29) is 22.2 Å². The number of hydrogen-bond acceptors (Lipinski definition) is 6. The van der Waals surface area contributed by atoms with Crippen LogP contribution >= 0.6 is 0 Å². The second-order valence-corrected chi connectivity index (χ2v) is 5.56. The quantitative estimate of drug-likeness (QED) is 0.510. The van der Waals surface area contributed by atoms with Crippen molar-refractivity contribution in [2.45, 2.75) is 4.90 Å². The Morgan fingerprint density at radius 3 is 2.71 bits per heavy atom. The highest BCUT2D eigenvalue weighted by Gasteiger charge is 2.22. The molecule has 0 saturated heterocycles. The molecule has 11 nitrogen and oxygen atoms in total. The van der Waals surface area contributed by atoms with Crippen LogP contribution < -0.4 is 10.5 Å². The standard InChI is InChI=1S/C9H10N6O5S/c1-14-4-6(21(10,19)20)8(13-14)12-9(16)5-2-3-7(11-5)15(17)18/h2-4,11H,1H3,(H2,10,19,20)(H,12,13,16). The molecule has 0 atom stereocenters. The van der Waals surface area contributed by atoms with Gasteiger partial charge in [0.05, 0.1) is 0 Å². The molecule has 112 valence electrons. The van der Waals surface area contributed by atoms with Crippen molar-refractivity contribution in [1.82, 2.24) is 14.8 Å². The van der Waals surface area contributed by atoms with E-state index in [1.165, 1.54) is 13.1 Å². The highest BCUT2D eigenvalue weighted by Crippen LogP contribution is 2.18. The molecule has 0 aliphatic rings. The molecule has 12 heteroatoms. The number of rotatable bonds is 4. The number of H-pyrrole nitrogens is 1. The maximum atomic E-state index is 11.9. The summed E-state index contributed by atoms with van der Waals surface area (Å²) >= 11 is 0. The number of carbonyl (C=O) groups excluding carboxylic acids is 1. The van der Waals surface area contributed by atoms with Crippen molar-refractivity contribution in [2.24, 2.45) is 12.2 Å². The number of nitrogens with two attached hydrogens (primary N) is 1. The predicted molar refractivity (Wildman–Crippen MR) is 70.0 cm³/mol. The minimum atomic E-state index is -4.07. The van der Waals surface area contributed by atoms with Crippen LogP contribution in [0.5, 0.6) is 0 Å². The van der Waals surface area contributed by atoms with Crippen molar-refractivity contribution < 1.29 is 18.1 Å². The monoisotopic (exact) mass is 314 g/mol. The summed E-state index contributed by atoms with van der Waals surface area (Å²) in [6, 6.07) is 2.29. The van der Waals surface area contributed by atoms with Crippen molar-refractivity contribution in [2.75, 3.05) is 5.32 Å². The first kappa shape index (κ1) is 14.7. The Hall–Kier alpha value is -2.73. The molecule has 2 rings (SSSR count). The van der Waals surface area contributed by atoms with E-state index in [2.05, 4.69) is 15.4 Å². The van der Waals surface area contributed by atoms with Gasteiger partial charge in [0.15, 0.2) is 11.5 Å². The number of aryl methyl sites for hydroxylation is 1. The molecule has 0 aliphatic heterocycles. The summed E-state index contributed by atoms with van der Waals surface area (Å²) in [7, 11) is -2.62. The Morgan fingerprint density at radius 2 is 2.19 bits per heavy atom. The second-order valence-electron chi connectivity index (χ2n) is 4.03. The number of hydrogen-bond donors (Lipinski definition) is 3. The predicted octanol–water partition coefficient (Wildman–Crippen LogP) is -0.444. The van der Waals surface area contributed by atoms with E-state index in [1.54, 1.807) is 0 Å². The Morgan fingerprint density at radius 1 is 1.52 bits per heavy atom. The molecule has 0 unspecified atom stereocenters. The van der Waals surface area contributed by atoms with E-state index in [0.717, 1.165) is 16.9 Å². The van der Waals surface area contributed by atoms with Crippen molar-refractivity contribution in [3.63, 3.8) is 0 Å². The van der Waals surface area contributed by atoms with Crippen LogP contribution in [0, 0.1) is 10.1 Å². The highest BCUT2D eigenvalue weighted by atomic mass is 32.2. The third-order valence-corrected chi connectivity index (χ3v) is 3.36.